The molecule has 20 heavy (non-hydrogen) atoms. The minimum Gasteiger partial charge on any atom is -0.480 e. The summed E-state index contributed by atoms with van der Waals surface area (Å²) in [6.07, 6.45) is 1.96. The van der Waals surface area contributed by atoms with Gasteiger partial charge >= 0.3 is 18.0 Å². The van der Waals surface area contributed by atoms with E-state index in [1.54, 1.807) is 0 Å². The molecule has 1 amide bonds. The molecule has 9 heteroatoms. The zero-order valence-corrected chi connectivity index (χ0v) is 11.4. The topological polar surface area (TPSA) is 123 Å². The molecule has 3 N–H and O–H groups in total. The lowest BCUT2D eigenvalue weighted by molar-refractivity contribution is -0.322. The van der Waals surface area contributed by atoms with Crippen LogP contribution in [0.25, 0.3) is 0 Å². The van der Waals surface area contributed by atoms with Gasteiger partial charge in [-0.15, -0.1) is 0 Å². The van der Waals surface area contributed by atoms with Crippen LogP contribution in [-0.2, 0) is 25.4 Å². The van der Waals surface area contributed by atoms with Crippen molar-refractivity contribution in [1.29, 1.82) is 0 Å². The van der Waals surface area contributed by atoms with Crippen molar-refractivity contribution in [3.63, 3.8) is 0 Å². The first-order valence-electron chi connectivity index (χ1n) is 5.70. The van der Waals surface area contributed by atoms with Gasteiger partial charge < -0.3 is 29.6 Å². The quantitative estimate of drug-likeness (QED) is 0.607. The van der Waals surface area contributed by atoms with Gasteiger partial charge in [-0.3, -0.25) is 0 Å². The van der Waals surface area contributed by atoms with Crippen molar-refractivity contribution in [2.45, 2.75) is 25.4 Å². The number of nitrogens with zero attached hydrogens (tertiary/aromatic N) is 1. The van der Waals surface area contributed by atoms with Gasteiger partial charge in [-0.25, -0.2) is 14.6 Å². The van der Waals surface area contributed by atoms with E-state index in [0.29, 0.717) is 5.69 Å². The zero-order valence-electron chi connectivity index (χ0n) is 11.4. The smallest absolute Gasteiger partial charge is 0.412 e. The van der Waals surface area contributed by atoms with Crippen LogP contribution in [0.2, 0.25) is 0 Å². The molecule has 9 nitrogen and oxygen atoms in total. The number of aliphatic carboxylic acids is 1. The van der Waals surface area contributed by atoms with Gasteiger partial charge in [0.1, 0.15) is 6.04 Å². The van der Waals surface area contributed by atoms with Gasteiger partial charge in [-0.05, 0) is 0 Å². The number of hydrogen-bond donors (Lipinski definition) is 3. The fraction of sp³-hybridized carbons (Fsp3) is 0.545. The summed E-state index contributed by atoms with van der Waals surface area (Å²) in [6, 6.07) is -1.17. The van der Waals surface area contributed by atoms with Crippen LogP contribution in [0.3, 0.4) is 0 Å². The van der Waals surface area contributed by atoms with Crippen molar-refractivity contribution < 1.29 is 28.9 Å². The number of carboxylic acids is 1. The fourth-order valence-electron chi connectivity index (χ4n) is 1.32. The highest BCUT2D eigenvalue weighted by molar-refractivity contribution is 5.80. The van der Waals surface area contributed by atoms with E-state index in [4.69, 9.17) is 19.3 Å². The molecule has 0 aliphatic rings. The van der Waals surface area contributed by atoms with Crippen molar-refractivity contribution in [3.05, 3.63) is 18.2 Å². The zero-order chi connectivity index (χ0) is 15.2. The minimum atomic E-state index is -1.58. The van der Waals surface area contributed by atoms with Crippen LogP contribution in [0.5, 0.6) is 0 Å². The average Bonchev–Trinajstić information content (AvgIpc) is 2.90. The number of nitrogens with one attached hydrogen (secondary N) is 2. The summed E-state index contributed by atoms with van der Waals surface area (Å²) in [7, 11) is 2.58. The molecule has 1 atom stereocenters. The first kappa shape index (κ1) is 15.9. The first-order valence-corrected chi connectivity index (χ1v) is 5.70. The number of H-pyrrole nitrogens is 1. The molecule has 0 bridgehead atoms. The molecule has 0 saturated carbocycles. The number of aromatic amines is 1. The highest BCUT2D eigenvalue weighted by atomic mass is 16.9. The summed E-state index contributed by atoms with van der Waals surface area (Å²) < 4.78 is 14.5. The third-order valence-electron chi connectivity index (χ3n) is 2.59. The number of methoxy groups -OCH3 is 2. The highest BCUT2D eigenvalue weighted by Crippen LogP contribution is 2.12. The number of ether oxygens (including phenoxy) is 3. The van der Waals surface area contributed by atoms with Crippen LogP contribution >= 0.6 is 0 Å². The maximum absolute atomic E-state index is 11.6. The molecule has 1 aromatic heterocycles. The van der Waals surface area contributed by atoms with E-state index in [0.717, 1.165) is 0 Å². The number of imidazole rings is 1. The first-order chi connectivity index (χ1) is 9.40. The number of aromatic nitrogens is 2. The van der Waals surface area contributed by atoms with Crippen molar-refractivity contribution in [3.8, 4) is 0 Å². The van der Waals surface area contributed by atoms with Crippen LogP contribution in [0, 0.1) is 0 Å². The largest absolute Gasteiger partial charge is 0.480 e. The molecule has 1 aromatic rings. The number of alkyl carbamates (subject to hydrolysis) is 1. The summed E-state index contributed by atoms with van der Waals surface area (Å²) in [5.74, 6) is -2.78. The van der Waals surface area contributed by atoms with Crippen LogP contribution in [0.15, 0.2) is 12.5 Å². The Balaban J connectivity index is 2.62. The maximum atomic E-state index is 11.6. The number of carboxylic acid groups (broad SMARTS) is 1. The number of carbonyl (C=O) groups is 2. The summed E-state index contributed by atoms with van der Waals surface area (Å²) in [5.41, 5.74) is 0.568. The normalized spacial score (nSPS) is 12.8. The molecule has 0 aliphatic heterocycles. The standard InChI is InChI=1S/C11H17N3O6/c1-11(18-2,19-3)20-10(17)14-8(9(15)16)4-7-5-12-6-13-7/h5-6,8H,4H2,1-3H3,(H,12,13)(H,14,17)(H,15,16)/t8-/m0/s1. The number of rotatable bonds is 7. The summed E-state index contributed by atoms with van der Waals surface area (Å²) >= 11 is 0. The molecule has 1 heterocycles. The van der Waals surface area contributed by atoms with E-state index in [9.17, 15) is 9.59 Å². The Hall–Kier alpha value is -2.13. The van der Waals surface area contributed by atoms with E-state index in [2.05, 4.69) is 15.3 Å². The lowest BCUT2D eigenvalue weighted by atomic mass is 10.2. The molecule has 112 valence electrons. The molecule has 0 spiro atoms. The van der Waals surface area contributed by atoms with Gasteiger partial charge in [0.2, 0.25) is 0 Å². The van der Waals surface area contributed by atoms with Gasteiger partial charge in [0, 0.05) is 39.5 Å². The highest BCUT2D eigenvalue weighted by Gasteiger charge is 2.30. The van der Waals surface area contributed by atoms with Crippen LogP contribution in [0.4, 0.5) is 4.79 Å². The average molecular weight is 287 g/mol. The van der Waals surface area contributed by atoms with Crippen molar-refractivity contribution in [2.75, 3.05) is 14.2 Å². The van der Waals surface area contributed by atoms with Crippen LogP contribution in [-0.4, -0.2) is 53.4 Å². The van der Waals surface area contributed by atoms with Crippen molar-refractivity contribution in [1.82, 2.24) is 15.3 Å². The second kappa shape index (κ2) is 6.87. The Morgan fingerprint density at radius 2 is 2.15 bits per heavy atom. The van der Waals surface area contributed by atoms with Crippen molar-refractivity contribution >= 4 is 12.1 Å². The van der Waals surface area contributed by atoms with Crippen LogP contribution < -0.4 is 5.32 Å². The molecule has 0 unspecified atom stereocenters. The molecular weight excluding hydrogens is 270 g/mol. The molecule has 1 rings (SSSR count). The summed E-state index contributed by atoms with van der Waals surface area (Å²) in [6.45, 7) is 1.37. The molecule has 0 saturated heterocycles. The Morgan fingerprint density at radius 1 is 1.50 bits per heavy atom. The van der Waals surface area contributed by atoms with E-state index in [1.165, 1.54) is 33.7 Å². The predicted octanol–water partition coefficient (Wildman–Crippen LogP) is 0.0981. The van der Waals surface area contributed by atoms with E-state index in [-0.39, 0.29) is 6.42 Å². The Bertz CT molecular complexity index is 443. The second-order valence-corrected chi connectivity index (χ2v) is 3.98. The molecular formula is C11H17N3O6. The van der Waals surface area contributed by atoms with E-state index >= 15 is 0 Å². The summed E-state index contributed by atoms with van der Waals surface area (Å²) in [5, 5.41) is 11.3. The number of carbonyl (C=O) groups excluding carboxylic acids is 1. The maximum Gasteiger partial charge on any atom is 0.412 e. The Labute approximate surface area is 115 Å². The van der Waals surface area contributed by atoms with Gasteiger partial charge in [0.15, 0.2) is 0 Å². The molecule has 0 aliphatic carbocycles. The van der Waals surface area contributed by atoms with Gasteiger partial charge in [-0.1, -0.05) is 0 Å². The van der Waals surface area contributed by atoms with Gasteiger partial charge in [-0.2, -0.15) is 0 Å². The van der Waals surface area contributed by atoms with Gasteiger partial charge in [0.05, 0.1) is 6.33 Å². The Morgan fingerprint density at radius 3 is 2.60 bits per heavy atom. The molecule has 0 fully saturated rings. The number of amides is 1. The Kier molecular flexibility index (Phi) is 5.47. The lowest BCUT2D eigenvalue weighted by Gasteiger charge is -2.26. The second-order valence-electron chi connectivity index (χ2n) is 3.98. The van der Waals surface area contributed by atoms with Crippen LogP contribution in [0.1, 0.15) is 12.6 Å². The SMILES string of the molecule is COC(C)(OC)OC(=O)N[C@@H](Cc1cnc[nH]1)C(=O)O. The monoisotopic (exact) mass is 287 g/mol. The van der Waals surface area contributed by atoms with Crippen molar-refractivity contribution in [2.24, 2.45) is 0 Å². The summed E-state index contributed by atoms with van der Waals surface area (Å²) in [4.78, 5) is 29.3. The van der Waals surface area contributed by atoms with Gasteiger partial charge in [0.25, 0.3) is 0 Å². The third kappa shape index (κ3) is 4.52. The lowest BCUT2D eigenvalue weighted by Crippen LogP contribution is -2.47. The van der Waals surface area contributed by atoms with E-state index < -0.39 is 24.1 Å². The molecule has 0 radical (unpaired) electrons. The van der Waals surface area contributed by atoms with E-state index in [1.807, 2.05) is 0 Å². The predicted molar refractivity (Wildman–Crippen MR) is 65.8 cm³/mol. The third-order valence-corrected chi connectivity index (χ3v) is 2.59. The molecule has 0 aromatic carbocycles. The fourth-order valence-corrected chi connectivity index (χ4v) is 1.32. The number of hydrogen-bond acceptors (Lipinski definition) is 6. The minimum absolute atomic E-state index is 0.0428.